The molecule has 1 amide bonds. The van der Waals surface area contributed by atoms with Crippen LogP contribution < -0.4 is 5.32 Å². The molecule has 0 fully saturated rings. The molecule has 1 heterocycles. The summed E-state index contributed by atoms with van der Waals surface area (Å²) < 4.78 is 5.22. The number of hydrogen-bond donors (Lipinski definition) is 1. The average Bonchev–Trinajstić information content (AvgIpc) is 3.20. The highest BCUT2D eigenvalue weighted by Gasteiger charge is 2.22. The van der Waals surface area contributed by atoms with Crippen LogP contribution in [0.4, 0.5) is 11.4 Å². The van der Waals surface area contributed by atoms with E-state index in [-0.39, 0.29) is 30.2 Å². The summed E-state index contributed by atoms with van der Waals surface area (Å²) in [4.78, 5) is 40.2. The first-order valence-corrected chi connectivity index (χ1v) is 11.3. The summed E-state index contributed by atoms with van der Waals surface area (Å²) in [6, 6.07) is 11.8. The zero-order valence-corrected chi connectivity index (χ0v) is 18.4. The lowest BCUT2D eigenvalue weighted by Crippen LogP contribution is -2.14. The molecule has 3 rings (SSSR count). The van der Waals surface area contributed by atoms with Crippen LogP contribution in [0.1, 0.15) is 26.6 Å². The number of esters is 1. The van der Waals surface area contributed by atoms with Crippen molar-refractivity contribution in [3.63, 3.8) is 0 Å². The molecule has 0 spiro atoms. The summed E-state index contributed by atoms with van der Waals surface area (Å²) in [7, 11) is 0. The number of ether oxygens (including phenoxy) is 1. The number of nitrogens with zero attached hydrogens (tertiary/aromatic N) is 2. The Labute approximate surface area is 186 Å². The summed E-state index contributed by atoms with van der Waals surface area (Å²) in [5.74, 6) is -1.000. The lowest BCUT2D eigenvalue weighted by molar-refractivity contribution is -0.385. The Morgan fingerprint density at radius 1 is 1.23 bits per heavy atom. The molecule has 8 nitrogen and oxygen atoms in total. The van der Waals surface area contributed by atoms with Gasteiger partial charge in [0.05, 0.1) is 17.0 Å². The number of thiazole rings is 1. The number of rotatable bonds is 8. The number of hydrogen-bond acceptors (Lipinski definition) is 8. The van der Waals surface area contributed by atoms with Gasteiger partial charge in [-0.05, 0) is 37.4 Å². The highest BCUT2D eigenvalue weighted by Crippen LogP contribution is 2.26. The molecule has 0 bridgehead atoms. The minimum Gasteiger partial charge on any atom is -0.455 e. The summed E-state index contributed by atoms with van der Waals surface area (Å²) >= 11 is 2.64. The number of amides is 1. The Balaban J connectivity index is 1.59. The van der Waals surface area contributed by atoms with Crippen LogP contribution in [0.25, 0.3) is 0 Å². The van der Waals surface area contributed by atoms with Gasteiger partial charge in [0, 0.05) is 22.0 Å². The highest BCUT2D eigenvalue weighted by atomic mass is 32.2. The molecule has 2 aromatic carbocycles. The number of nitro benzene ring substituents is 1. The molecule has 0 unspecified atom stereocenters. The number of aromatic nitrogens is 1. The van der Waals surface area contributed by atoms with Crippen molar-refractivity contribution in [3.8, 4) is 0 Å². The maximum Gasteiger partial charge on any atom is 0.345 e. The quantitative estimate of drug-likeness (QED) is 0.227. The first kappa shape index (κ1) is 22.4. The van der Waals surface area contributed by atoms with E-state index in [1.54, 1.807) is 11.4 Å². The molecule has 3 aromatic rings. The summed E-state index contributed by atoms with van der Waals surface area (Å²) in [6.45, 7) is 1.82. The van der Waals surface area contributed by atoms with Crippen LogP contribution in [0.5, 0.6) is 0 Å². The number of nitro groups is 1. The number of anilines is 1. The second kappa shape index (κ2) is 10.2. The molecular formula is C21H19N3O5S2. The maximum absolute atomic E-state index is 12.4. The van der Waals surface area contributed by atoms with Crippen LogP contribution in [-0.2, 0) is 22.6 Å². The lowest BCUT2D eigenvalue weighted by Gasteiger charge is -2.06. The molecule has 0 radical (unpaired) electrons. The van der Waals surface area contributed by atoms with Crippen LogP contribution in [0, 0.1) is 17.0 Å². The molecule has 0 aliphatic carbocycles. The van der Waals surface area contributed by atoms with Gasteiger partial charge in [0.2, 0.25) is 5.91 Å². The highest BCUT2D eigenvalue weighted by molar-refractivity contribution is 7.98. The predicted molar refractivity (Wildman–Crippen MR) is 120 cm³/mol. The van der Waals surface area contributed by atoms with E-state index in [9.17, 15) is 19.7 Å². The maximum atomic E-state index is 12.4. The molecule has 10 heteroatoms. The Morgan fingerprint density at radius 2 is 1.97 bits per heavy atom. The van der Waals surface area contributed by atoms with E-state index < -0.39 is 10.9 Å². The van der Waals surface area contributed by atoms with Gasteiger partial charge in [-0.2, -0.15) is 0 Å². The fourth-order valence-electron chi connectivity index (χ4n) is 2.66. The van der Waals surface area contributed by atoms with Gasteiger partial charge in [-0.15, -0.1) is 23.1 Å². The monoisotopic (exact) mass is 457 g/mol. The van der Waals surface area contributed by atoms with Crippen molar-refractivity contribution in [2.24, 2.45) is 0 Å². The van der Waals surface area contributed by atoms with E-state index in [4.69, 9.17) is 4.74 Å². The van der Waals surface area contributed by atoms with Crippen molar-refractivity contribution in [3.05, 3.63) is 79.8 Å². The van der Waals surface area contributed by atoms with Crippen LogP contribution >= 0.6 is 23.1 Å². The van der Waals surface area contributed by atoms with Crippen molar-refractivity contribution in [2.75, 3.05) is 11.6 Å². The number of nitrogens with one attached hydrogen (secondary N) is 1. The number of aryl methyl sites for hydroxylation is 1. The van der Waals surface area contributed by atoms with Gasteiger partial charge in [-0.3, -0.25) is 14.9 Å². The lowest BCUT2D eigenvalue weighted by atomic mass is 10.2. The van der Waals surface area contributed by atoms with E-state index in [1.807, 2.05) is 37.4 Å². The van der Waals surface area contributed by atoms with Crippen LogP contribution in [-0.4, -0.2) is 28.0 Å². The Kier molecular flexibility index (Phi) is 7.37. The van der Waals surface area contributed by atoms with Crippen LogP contribution in [0.2, 0.25) is 0 Å². The van der Waals surface area contributed by atoms with Gasteiger partial charge in [0.1, 0.15) is 17.2 Å². The Morgan fingerprint density at radius 3 is 2.65 bits per heavy atom. The SMILES string of the molecule is CSc1ccc([N+](=O)[O-])c(C(=O)OCc2csc(CC(=O)Nc3ccc(C)cc3)n2)c1. The summed E-state index contributed by atoms with van der Waals surface area (Å²) in [5.41, 5.74) is 1.86. The van der Waals surface area contributed by atoms with Gasteiger partial charge >= 0.3 is 5.97 Å². The fourth-order valence-corrected chi connectivity index (χ4v) is 3.87. The molecule has 160 valence electrons. The Hall–Kier alpha value is -3.24. The van der Waals surface area contributed by atoms with Crippen molar-refractivity contribution >= 4 is 46.3 Å². The van der Waals surface area contributed by atoms with Gasteiger partial charge in [0.15, 0.2) is 0 Å². The van der Waals surface area contributed by atoms with Gasteiger partial charge in [-0.25, -0.2) is 9.78 Å². The molecule has 1 N–H and O–H groups in total. The number of carbonyl (C=O) groups excluding carboxylic acids is 2. The molecular weight excluding hydrogens is 438 g/mol. The van der Waals surface area contributed by atoms with E-state index in [2.05, 4.69) is 10.3 Å². The van der Waals surface area contributed by atoms with Gasteiger partial charge in [-0.1, -0.05) is 17.7 Å². The third-order valence-corrected chi connectivity index (χ3v) is 5.84. The summed E-state index contributed by atoms with van der Waals surface area (Å²) in [6.07, 6.45) is 1.90. The number of thioether (sulfide) groups is 1. The first-order valence-electron chi connectivity index (χ1n) is 9.15. The molecule has 31 heavy (non-hydrogen) atoms. The first-order chi connectivity index (χ1) is 14.9. The van der Waals surface area contributed by atoms with E-state index in [0.29, 0.717) is 21.3 Å². The van der Waals surface area contributed by atoms with Crippen LogP contribution in [0.15, 0.2) is 52.7 Å². The second-order valence-corrected chi connectivity index (χ2v) is 8.36. The third-order valence-electron chi connectivity index (χ3n) is 4.22. The molecule has 0 aliphatic heterocycles. The van der Waals surface area contributed by atoms with Crippen molar-refractivity contribution in [1.29, 1.82) is 0 Å². The molecule has 0 saturated carbocycles. The van der Waals surface area contributed by atoms with E-state index in [1.165, 1.54) is 35.2 Å². The van der Waals surface area contributed by atoms with Crippen LogP contribution in [0.3, 0.4) is 0 Å². The number of benzene rings is 2. The largest absolute Gasteiger partial charge is 0.455 e. The van der Waals surface area contributed by atoms with Gasteiger partial charge in [0.25, 0.3) is 5.69 Å². The smallest absolute Gasteiger partial charge is 0.345 e. The molecule has 1 aromatic heterocycles. The zero-order chi connectivity index (χ0) is 22.4. The van der Waals surface area contributed by atoms with E-state index >= 15 is 0 Å². The minimum absolute atomic E-state index is 0.0910. The standard InChI is InChI=1S/C21H19N3O5S2/c1-13-3-5-14(6-4-13)22-19(25)10-20-23-15(12-31-20)11-29-21(26)17-9-16(30-2)7-8-18(17)24(27)28/h3-9,12H,10-11H2,1-2H3,(H,22,25). The summed E-state index contributed by atoms with van der Waals surface area (Å²) in [5, 5.41) is 16.3. The normalized spacial score (nSPS) is 10.5. The second-order valence-electron chi connectivity index (χ2n) is 6.54. The third kappa shape index (κ3) is 6.12. The van der Waals surface area contributed by atoms with Crippen molar-refractivity contribution < 1.29 is 19.2 Å². The topological polar surface area (TPSA) is 111 Å². The molecule has 0 saturated heterocycles. The Bertz CT molecular complexity index is 1110. The zero-order valence-electron chi connectivity index (χ0n) is 16.8. The average molecular weight is 458 g/mol. The fraction of sp³-hybridized carbons (Fsp3) is 0.190. The van der Waals surface area contributed by atoms with E-state index in [0.717, 1.165) is 5.56 Å². The minimum atomic E-state index is -0.797. The molecule has 0 atom stereocenters. The predicted octanol–water partition coefficient (Wildman–Crippen LogP) is 4.62. The van der Waals surface area contributed by atoms with Gasteiger partial charge < -0.3 is 10.1 Å². The van der Waals surface area contributed by atoms with Crippen molar-refractivity contribution in [2.45, 2.75) is 24.8 Å². The number of carbonyl (C=O) groups is 2. The van der Waals surface area contributed by atoms with Crippen molar-refractivity contribution in [1.82, 2.24) is 4.98 Å². The molecule has 0 aliphatic rings.